The second-order valence-corrected chi connectivity index (χ2v) is 6.07. The zero-order valence-electron chi connectivity index (χ0n) is 11.2. The summed E-state index contributed by atoms with van der Waals surface area (Å²) in [5.41, 5.74) is 0.898. The summed E-state index contributed by atoms with van der Waals surface area (Å²) in [4.78, 5) is 4.50. The van der Waals surface area contributed by atoms with E-state index in [1.54, 1.807) is 0 Å². The van der Waals surface area contributed by atoms with Crippen molar-refractivity contribution in [1.82, 2.24) is 10.3 Å². The van der Waals surface area contributed by atoms with Gasteiger partial charge in [-0.15, -0.1) is 0 Å². The standard InChI is InChI=1S/C15H21ClN2O/c16-13-6-7-15(19-9-8-11-2-1-3-11)18-14(13)10-17-12-4-5-12/h6-7,11-12,17H,1-5,8-10H2. The highest BCUT2D eigenvalue weighted by Crippen LogP contribution is 2.29. The van der Waals surface area contributed by atoms with Crippen molar-refractivity contribution in [3.8, 4) is 5.88 Å². The van der Waals surface area contributed by atoms with E-state index in [2.05, 4.69) is 10.3 Å². The minimum Gasteiger partial charge on any atom is -0.478 e. The first-order valence-corrected chi connectivity index (χ1v) is 7.70. The summed E-state index contributed by atoms with van der Waals surface area (Å²) in [5, 5.41) is 4.15. The van der Waals surface area contributed by atoms with Crippen molar-refractivity contribution in [2.75, 3.05) is 6.61 Å². The molecule has 1 aromatic rings. The van der Waals surface area contributed by atoms with Crippen molar-refractivity contribution in [2.45, 2.75) is 51.1 Å². The smallest absolute Gasteiger partial charge is 0.213 e. The van der Waals surface area contributed by atoms with Gasteiger partial charge in [0.2, 0.25) is 5.88 Å². The first-order valence-electron chi connectivity index (χ1n) is 7.33. The fraction of sp³-hybridized carbons (Fsp3) is 0.667. The Bertz CT molecular complexity index is 430. The van der Waals surface area contributed by atoms with Gasteiger partial charge in [0, 0.05) is 18.7 Å². The van der Waals surface area contributed by atoms with Gasteiger partial charge in [-0.05, 0) is 31.2 Å². The molecule has 2 saturated carbocycles. The zero-order chi connectivity index (χ0) is 13.1. The van der Waals surface area contributed by atoms with Crippen LogP contribution < -0.4 is 10.1 Å². The third-order valence-corrected chi connectivity index (χ3v) is 4.37. The number of pyridine rings is 1. The quantitative estimate of drug-likeness (QED) is 0.829. The van der Waals surface area contributed by atoms with Gasteiger partial charge in [-0.25, -0.2) is 4.98 Å². The van der Waals surface area contributed by atoms with Gasteiger partial charge in [0.05, 0.1) is 17.3 Å². The highest BCUT2D eigenvalue weighted by Gasteiger charge is 2.21. The number of nitrogens with one attached hydrogen (secondary N) is 1. The first-order chi connectivity index (χ1) is 9.31. The average Bonchev–Trinajstić information content (AvgIpc) is 3.16. The third kappa shape index (κ3) is 3.83. The minimum absolute atomic E-state index is 0.668. The zero-order valence-corrected chi connectivity index (χ0v) is 12.0. The lowest BCUT2D eigenvalue weighted by Gasteiger charge is -2.24. The summed E-state index contributed by atoms with van der Waals surface area (Å²) in [5.74, 6) is 1.58. The lowest BCUT2D eigenvalue weighted by Crippen LogP contribution is -2.17. The molecule has 0 spiro atoms. The summed E-state index contributed by atoms with van der Waals surface area (Å²) in [7, 11) is 0. The number of hydrogen-bond donors (Lipinski definition) is 1. The van der Waals surface area contributed by atoms with Gasteiger partial charge >= 0.3 is 0 Å². The number of ether oxygens (including phenoxy) is 1. The number of aromatic nitrogens is 1. The molecule has 3 rings (SSSR count). The van der Waals surface area contributed by atoms with Crippen LogP contribution in [0.3, 0.4) is 0 Å². The molecule has 0 atom stereocenters. The second kappa shape index (κ2) is 6.10. The van der Waals surface area contributed by atoms with Crippen LogP contribution >= 0.6 is 11.6 Å². The molecule has 2 fully saturated rings. The molecule has 0 amide bonds. The summed E-state index contributed by atoms with van der Waals surface area (Å²) < 4.78 is 5.73. The second-order valence-electron chi connectivity index (χ2n) is 5.67. The van der Waals surface area contributed by atoms with Crippen LogP contribution in [0.15, 0.2) is 12.1 Å². The fourth-order valence-corrected chi connectivity index (χ4v) is 2.48. The van der Waals surface area contributed by atoms with E-state index in [0.717, 1.165) is 36.2 Å². The van der Waals surface area contributed by atoms with E-state index >= 15 is 0 Å². The molecule has 0 aromatic carbocycles. The molecule has 0 radical (unpaired) electrons. The van der Waals surface area contributed by atoms with Gasteiger partial charge in [0.1, 0.15) is 0 Å². The van der Waals surface area contributed by atoms with Crippen LogP contribution in [0.2, 0.25) is 5.02 Å². The lowest BCUT2D eigenvalue weighted by atomic mass is 9.83. The van der Waals surface area contributed by atoms with Crippen LogP contribution in [0.5, 0.6) is 5.88 Å². The van der Waals surface area contributed by atoms with Gasteiger partial charge in [0.25, 0.3) is 0 Å². The predicted molar refractivity (Wildman–Crippen MR) is 76.6 cm³/mol. The lowest BCUT2D eigenvalue weighted by molar-refractivity contribution is 0.217. The van der Waals surface area contributed by atoms with E-state index in [1.165, 1.54) is 32.1 Å². The van der Waals surface area contributed by atoms with Crippen molar-refractivity contribution in [3.63, 3.8) is 0 Å². The fourth-order valence-electron chi connectivity index (χ4n) is 2.31. The summed E-state index contributed by atoms with van der Waals surface area (Å²) >= 11 is 6.16. The Labute approximate surface area is 119 Å². The molecule has 0 aliphatic heterocycles. The molecule has 4 heteroatoms. The molecule has 1 aromatic heterocycles. The highest BCUT2D eigenvalue weighted by atomic mass is 35.5. The van der Waals surface area contributed by atoms with Gasteiger partial charge in [-0.2, -0.15) is 0 Å². The normalized spacial score (nSPS) is 19.2. The number of halogens is 1. The topological polar surface area (TPSA) is 34.1 Å². The molecule has 104 valence electrons. The summed E-state index contributed by atoms with van der Waals surface area (Å²) in [6, 6.07) is 4.42. The van der Waals surface area contributed by atoms with Crippen LogP contribution in [0.1, 0.15) is 44.2 Å². The van der Waals surface area contributed by atoms with Crippen molar-refractivity contribution in [3.05, 3.63) is 22.8 Å². The number of hydrogen-bond acceptors (Lipinski definition) is 3. The minimum atomic E-state index is 0.668. The van der Waals surface area contributed by atoms with E-state index in [0.29, 0.717) is 11.9 Å². The van der Waals surface area contributed by atoms with E-state index in [4.69, 9.17) is 16.3 Å². The van der Waals surface area contributed by atoms with E-state index in [-0.39, 0.29) is 0 Å². The molecular formula is C15H21ClN2O. The van der Waals surface area contributed by atoms with Gasteiger partial charge in [-0.3, -0.25) is 0 Å². The summed E-state index contributed by atoms with van der Waals surface area (Å²) in [6.45, 7) is 1.51. The first kappa shape index (κ1) is 13.2. The van der Waals surface area contributed by atoms with Gasteiger partial charge < -0.3 is 10.1 Å². The maximum Gasteiger partial charge on any atom is 0.213 e. The van der Waals surface area contributed by atoms with Crippen molar-refractivity contribution in [2.24, 2.45) is 5.92 Å². The third-order valence-electron chi connectivity index (χ3n) is 4.03. The predicted octanol–water partition coefficient (Wildman–Crippen LogP) is 3.56. The Balaban J connectivity index is 1.49. The van der Waals surface area contributed by atoms with Crippen molar-refractivity contribution >= 4 is 11.6 Å². The van der Waals surface area contributed by atoms with Gasteiger partial charge in [0.15, 0.2) is 0 Å². The molecule has 3 nitrogen and oxygen atoms in total. The molecule has 1 heterocycles. The maximum absolute atomic E-state index is 6.16. The monoisotopic (exact) mass is 280 g/mol. The van der Waals surface area contributed by atoms with E-state index in [9.17, 15) is 0 Å². The van der Waals surface area contributed by atoms with Crippen LogP contribution in [0.4, 0.5) is 0 Å². The molecule has 0 unspecified atom stereocenters. The Morgan fingerprint density at radius 3 is 2.79 bits per heavy atom. The van der Waals surface area contributed by atoms with Crippen molar-refractivity contribution < 1.29 is 4.74 Å². The van der Waals surface area contributed by atoms with Gasteiger partial charge in [-0.1, -0.05) is 30.9 Å². The summed E-state index contributed by atoms with van der Waals surface area (Å²) in [6.07, 6.45) is 7.83. The van der Waals surface area contributed by atoms with E-state index < -0.39 is 0 Å². The molecular weight excluding hydrogens is 260 g/mol. The van der Waals surface area contributed by atoms with Crippen LogP contribution in [0, 0.1) is 5.92 Å². The molecule has 0 saturated heterocycles. The molecule has 0 bridgehead atoms. The Kier molecular flexibility index (Phi) is 4.24. The Morgan fingerprint density at radius 2 is 2.11 bits per heavy atom. The SMILES string of the molecule is Clc1ccc(OCCC2CCC2)nc1CNC1CC1. The van der Waals surface area contributed by atoms with Crippen LogP contribution in [-0.4, -0.2) is 17.6 Å². The maximum atomic E-state index is 6.16. The molecule has 2 aliphatic rings. The molecule has 19 heavy (non-hydrogen) atoms. The number of rotatable bonds is 7. The van der Waals surface area contributed by atoms with E-state index in [1.807, 2.05) is 12.1 Å². The Hall–Kier alpha value is -0.800. The number of nitrogens with zero attached hydrogens (tertiary/aromatic N) is 1. The Morgan fingerprint density at radius 1 is 1.26 bits per heavy atom. The van der Waals surface area contributed by atoms with Crippen LogP contribution in [-0.2, 0) is 6.54 Å². The van der Waals surface area contributed by atoms with Crippen molar-refractivity contribution in [1.29, 1.82) is 0 Å². The largest absolute Gasteiger partial charge is 0.478 e. The average molecular weight is 281 g/mol. The highest BCUT2D eigenvalue weighted by molar-refractivity contribution is 6.31. The molecule has 1 N–H and O–H groups in total. The molecule has 2 aliphatic carbocycles. The van der Waals surface area contributed by atoms with Crippen LogP contribution in [0.25, 0.3) is 0 Å².